The van der Waals surface area contributed by atoms with E-state index in [1.165, 1.54) is 115 Å². The molecule has 0 saturated heterocycles. The summed E-state index contributed by atoms with van der Waals surface area (Å²) < 4.78 is 107. The minimum absolute atomic E-state index is 0.00376. The minimum atomic E-state index is -4.55. The van der Waals surface area contributed by atoms with Crippen molar-refractivity contribution in [1.29, 1.82) is 0 Å². The first-order valence-corrected chi connectivity index (χ1v) is 21.7. The maximum Gasteiger partial charge on any atom is 0.422 e. The highest BCUT2D eigenvalue weighted by Gasteiger charge is 2.43. The number of aliphatic hydroxyl groups is 2. The molecule has 5 aromatic rings. The van der Waals surface area contributed by atoms with Crippen LogP contribution in [-0.2, 0) is 9.59 Å². The number of nitrogens with two attached hydrogens (primary N) is 2. The summed E-state index contributed by atoms with van der Waals surface area (Å²) in [5.74, 6) is -8.65. The Kier molecular flexibility index (Phi) is 18.4. The average molecular weight is 995 g/mol. The molecule has 0 saturated carbocycles. The molecule has 1 atom stereocenters. The largest absolute Gasteiger partial charge is 0.490 e. The average Bonchev–Trinajstić information content (AvgIpc) is 3.32. The fourth-order valence-electron chi connectivity index (χ4n) is 6.40. The van der Waals surface area contributed by atoms with Crippen LogP contribution in [0.3, 0.4) is 0 Å². The van der Waals surface area contributed by atoms with E-state index in [2.05, 4.69) is 9.47 Å². The lowest BCUT2D eigenvalue weighted by molar-refractivity contribution is -0.187. The van der Waals surface area contributed by atoms with Gasteiger partial charge in [-0.3, -0.25) is 9.59 Å². The normalized spacial score (nSPS) is 12.4. The van der Waals surface area contributed by atoms with Gasteiger partial charge in [0.05, 0.1) is 30.3 Å². The predicted octanol–water partition coefficient (Wildman–Crippen LogP) is 9.47. The Labute approximate surface area is 403 Å². The zero-order chi connectivity index (χ0) is 51.9. The van der Waals surface area contributed by atoms with Gasteiger partial charge in [0.25, 0.3) is 0 Å². The number of carbonyl (C=O) groups excluding carboxylic acids is 4. The zero-order valence-electron chi connectivity index (χ0n) is 38.1. The van der Waals surface area contributed by atoms with Crippen LogP contribution < -0.4 is 39.9 Å². The lowest BCUT2D eigenvalue weighted by Gasteiger charge is -2.30. The van der Waals surface area contributed by atoms with Gasteiger partial charge in [0.2, 0.25) is 11.6 Å². The molecule has 1 unspecified atom stereocenters. The van der Waals surface area contributed by atoms with Crippen molar-refractivity contribution in [3.63, 3.8) is 0 Å². The van der Waals surface area contributed by atoms with E-state index in [1.54, 1.807) is 0 Å². The molecule has 376 valence electrons. The van der Waals surface area contributed by atoms with E-state index in [4.69, 9.17) is 30.4 Å². The Balaban J connectivity index is 1.32. The molecule has 0 aliphatic heterocycles. The number of ether oxygens (including phenoxy) is 6. The summed E-state index contributed by atoms with van der Waals surface area (Å²) in [4.78, 5) is 53.2. The molecule has 5 aromatic carbocycles. The number of hydrogen-bond acceptors (Lipinski definition) is 14. The molecule has 71 heavy (non-hydrogen) atoms. The standard InChI is InChI=1S/C51H48F6N2O12/c1-3-23-66-44-25-31(6-20-42(44)70-47(62)33-9-15-37(16-10-33)68-29-49(52,53)54)5-14-36(60)28-40(39-19-13-35(58)27-41(39)59)51(64,65)46(61)22-8-32-7-21-43(45(26-32)67-24-4-2)71-48(63)34-11-17-38(18-12-34)69-30-50(55,56)57/h5-22,25-27,40,64-65H,3-4,23-24,28-30,58-59H2,1-2H3/b14-5+,22-8+. The van der Waals surface area contributed by atoms with Gasteiger partial charge < -0.3 is 50.1 Å². The molecule has 0 heterocycles. The third-order valence-corrected chi connectivity index (χ3v) is 9.88. The summed E-state index contributed by atoms with van der Waals surface area (Å²) in [6.07, 6.45) is -4.07. The monoisotopic (exact) mass is 994 g/mol. The molecule has 14 nitrogen and oxygen atoms in total. The number of rotatable bonds is 23. The fourth-order valence-corrected chi connectivity index (χ4v) is 6.40. The van der Waals surface area contributed by atoms with Crippen molar-refractivity contribution in [2.45, 2.75) is 57.2 Å². The summed E-state index contributed by atoms with van der Waals surface area (Å²) in [7, 11) is 0. The summed E-state index contributed by atoms with van der Waals surface area (Å²) >= 11 is 0. The predicted molar refractivity (Wildman–Crippen MR) is 248 cm³/mol. The molecule has 20 heteroatoms. The van der Waals surface area contributed by atoms with Crippen LogP contribution in [0.15, 0.2) is 115 Å². The molecule has 6 N–H and O–H groups in total. The van der Waals surface area contributed by atoms with Gasteiger partial charge in [-0.2, -0.15) is 26.3 Å². The second kappa shape index (κ2) is 24.1. The van der Waals surface area contributed by atoms with Crippen molar-refractivity contribution in [3.8, 4) is 34.5 Å². The van der Waals surface area contributed by atoms with E-state index in [9.17, 15) is 55.7 Å². The topological polar surface area (TPSA) is 216 Å². The SMILES string of the molecule is CCCOc1cc(/C=C/C(=O)CC(c2ccc(N)cc2N)C(O)(O)C(=O)/C=C/c2ccc(OC(=O)c3ccc(OCC(F)(F)F)cc3)c(OCCC)c2)ccc1OC(=O)c1ccc(OCC(F)(F)F)cc1. The van der Waals surface area contributed by atoms with Crippen LogP contribution in [0.25, 0.3) is 12.2 Å². The third kappa shape index (κ3) is 16.4. The first-order valence-electron chi connectivity index (χ1n) is 21.7. The molecule has 0 radical (unpaired) electrons. The number of benzene rings is 5. The maximum absolute atomic E-state index is 13.7. The number of nitrogen functional groups attached to an aromatic ring is 2. The van der Waals surface area contributed by atoms with Crippen LogP contribution in [-0.4, -0.2) is 78.3 Å². The van der Waals surface area contributed by atoms with Gasteiger partial charge in [-0.05, 0) is 127 Å². The van der Waals surface area contributed by atoms with Crippen LogP contribution in [0.2, 0.25) is 0 Å². The van der Waals surface area contributed by atoms with Gasteiger partial charge in [-0.25, -0.2) is 9.59 Å². The Morgan fingerprint density at radius 1 is 0.577 bits per heavy atom. The number of hydrogen-bond donors (Lipinski definition) is 4. The summed E-state index contributed by atoms with van der Waals surface area (Å²) in [5.41, 5.74) is 13.0. The Bertz CT molecular complexity index is 2720. The van der Waals surface area contributed by atoms with E-state index in [0.29, 0.717) is 18.4 Å². The number of anilines is 2. The molecular formula is C51H48F6N2O12. The summed E-state index contributed by atoms with van der Waals surface area (Å²) in [5, 5.41) is 23.0. The number of ketones is 2. The van der Waals surface area contributed by atoms with Crippen LogP contribution in [0.1, 0.15) is 76.4 Å². The number of alkyl halides is 6. The molecule has 0 fully saturated rings. The van der Waals surface area contributed by atoms with Crippen molar-refractivity contribution >= 4 is 47.0 Å². The van der Waals surface area contributed by atoms with E-state index in [1.807, 2.05) is 13.8 Å². The third-order valence-electron chi connectivity index (χ3n) is 9.88. The lowest BCUT2D eigenvalue weighted by atomic mass is 9.82. The van der Waals surface area contributed by atoms with Gasteiger partial charge in [0, 0.05) is 17.8 Å². The van der Waals surface area contributed by atoms with Gasteiger partial charge in [0.1, 0.15) is 11.5 Å². The molecule has 0 aliphatic rings. The van der Waals surface area contributed by atoms with E-state index in [0.717, 1.165) is 12.2 Å². The van der Waals surface area contributed by atoms with Crippen molar-refractivity contribution in [2.75, 3.05) is 37.9 Å². The quantitative estimate of drug-likeness (QED) is 0.0120. The van der Waals surface area contributed by atoms with Gasteiger partial charge in [-0.15, -0.1) is 0 Å². The molecule has 0 amide bonds. The van der Waals surface area contributed by atoms with Gasteiger partial charge >= 0.3 is 24.3 Å². The van der Waals surface area contributed by atoms with Crippen molar-refractivity contribution in [2.24, 2.45) is 0 Å². The maximum atomic E-state index is 13.7. The van der Waals surface area contributed by atoms with Crippen molar-refractivity contribution in [1.82, 2.24) is 0 Å². The van der Waals surface area contributed by atoms with Crippen LogP contribution >= 0.6 is 0 Å². The van der Waals surface area contributed by atoms with Gasteiger partial charge in [0.15, 0.2) is 42.0 Å². The smallest absolute Gasteiger partial charge is 0.422 e. The molecule has 5 rings (SSSR count). The highest BCUT2D eigenvalue weighted by Crippen LogP contribution is 2.37. The lowest BCUT2D eigenvalue weighted by Crippen LogP contribution is -2.44. The van der Waals surface area contributed by atoms with Gasteiger partial charge in [-0.1, -0.05) is 44.2 Å². The first kappa shape index (κ1) is 54.1. The Hall–Kier alpha value is -7.84. The molecule has 0 bridgehead atoms. The summed E-state index contributed by atoms with van der Waals surface area (Å²) in [6, 6.07) is 22.2. The molecule has 0 spiro atoms. The van der Waals surface area contributed by atoms with Crippen LogP contribution in [0, 0.1) is 0 Å². The van der Waals surface area contributed by atoms with Crippen molar-refractivity contribution in [3.05, 3.63) is 143 Å². The summed E-state index contributed by atoms with van der Waals surface area (Å²) in [6.45, 7) is 1.01. The van der Waals surface area contributed by atoms with Crippen LogP contribution in [0.4, 0.5) is 37.7 Å². The Morgan fingerprint density at radius 2 is 1.03 bits per heavy atom. The first-order chi connectivity index (χ1) is 33.5. The second-order valence-electron chi connectivity index (χ2n) is 15.6. The number of halogens is 6. The number of carbonyl (C=O) groups is 4. The fraction of sp³-hybridized carbons (Fsp3) is 0.255. The minimum Gasteiger partial charge on any atom is -0.490 e. The van der Waals surface area contributed by atoms with E-state index < -0.39 is 67.2 Å². The Morgan fingerprint density at radius 3 is 1.45 bits per heavy atom. The number of esters is 2. The van der Waals surface area contributed by atoms with Crippen molar-refractivity contribution < 1.29 is 84.2 Å². The van der Waals surface area contributed by atoms with Crippen LogP contribution in [0.5, 0.6) is 34.5 Å². The molecular weight excluding hydrogens is 947 g/mol. The molecule has 0 aromatic heterocycles. The second-order valence-corrected chi connectivity index (χ2v) is 15.6. The van der Waals surface area contributed by atoms with E-state index in [-0.39, 0.29) is 81.3 Å². The highest BCUT2D eigenvalue weighted by atomic mass is 19.4. The molecule has 0 aliphatic carbocycles. The number of allylic oxidation sites excluding steroid dienone is 1. The highest BCUT2D eigenvalue weighted by molar-refractivity contribution is 6.01. The zero-order valence-corrected chi connectivity index (χ0v) is 38.1. The van der Waals surface area contributed by atoms with E-state index >= 15 is 0 Å².